The molecule has 0 N–H and O–H groups in total. The zero-order valence-corrected chi connectivity index (χ0v) is 20.5. The predicted molar refractivity (Wildman–Crippen MR) is 129 cm³/mol. The minimum absolute atomic E-state index is 0. The van der Waals surface area contributed by atoms with Crippen molar-refractivity contribution < 1.29 is 19.1 Å². The summed E-state index contributed by atoms with van der Waals surface area (Å²) in [5, 5.41) is 0.590. The number of aromatic nitrogens is 2. The summed E-state index contributed by atoms with van der Waals surface area (Å²) in [6, 6.07) is 8.45. The molecule has 0 saturated heterocycles. The van der Waals surface area contributed by atoms with Crippen LogP contribution in [0.2, 0.25) is 5.02 Å². The van der Waals surface area contributed by atoms with Crippen LogP contribution < -0.4 is 5.56 Å². The zero-order chi connectivity index (χ0) is 23.6. The molecule has 1 amide bonds. The quantitative estimate of drug-likeness (QED) is 0.487. The Kier molecular flexibility index (Phi) is 8.46. The van der Waals surface area contributed by atoms with E-state index in [2.05, 4.69) is 4.98 Å². The lowest BCUT2D eigenvalue weighted by Gasteiger charge is -2.18. The van der Waals surface area contributed by atoms with Gasteiger partial charge < -0.3 is 14.4 Å². The molecule has 8 nitrogen and oxygen atoms in total. The number of amides is 1. The van der Waals surface area contributed by atoms with Crippen LogP contribution in [0.1, 0.15) is 34.2 Å². The number of halogens is 2. The van der Waals surface area contributed by atoms with Crippen molar-refractivity contribution >= 4 is 47.0 Å². The van der Waals surface area contributed by atoms with Gasteiger partial charge in [-0.05, 0) is 50.1 Å². The van der Waals surface area contributed by atoms with Crippen molar-refractivity contribution in [3.8, 4) is 5.69 Å². The van der Waals surface area contributed by atoms with Gasteiger partial charge >= 0.3 is 12.1 Å². The van der Waals surface area contributed by atoms with E-state index in [4.69, 9.17) is 21.1 Å². The van der Waals surface area contributed by atoms with E-state index in [1.165, 1.54) is 9.47 Å². The van der Waals surface area contributed by atoms with Crippen LogP contribution in [0.4, 0.5) is 4.79 Å². The number of rotatable bonds is 5. The zero-order valence-electron chi connectivity index (χ0n) is 19.0. The highest BCUT2D eigenvalue weighted by atomic mass is 35.5. The number of nitrogens with zero attached hydrogens (tertiary/aromatic N) is 3. The third-order valence-electron chi connectivity index (χ3n) is 4.94. The topological polar surface area (TPSA) is 90.7 Å². The van der Waals surface area contributed by atoms with Gasteiger partial charge in [0, 0.05) is 14.1 Å². The number of carbonyl (C=O) groups is 2. The highest BCUT2D eigenvalue weighted by Crippen LogP contribution is 2.26. The van der Waals surface area contributed by atoms with Crippen molar-refractivity contribution in [3.63, 3.8) is 0 Å². The SMILES string of the molecule is CCOC(=O)c1c(C)cc2nc(COC(=O)N(C)C)n(-c3ccccc3Cl)c(=O)c2c1C.Cl. The van der Waals surface area contributed by atoms with Crippen LogP contribution in [0.25, 0.3) is 16.6 Å². The maximum Gasteiger partial charge on any atom is 0.409 e. The lowest BCUT2D eigenvalue weighted by Crippen LogP contribution is -2.28. The molecule has 0 radical (unpaired) electrons. The molecule has 0 aliphatic heterocycles. The molecule has 0 bridgehead atoms. The minimum Gasteiger partial charge on any atom is -0.462 e. The summed E-state index contributed by atoms with van der Waals surface area (Å²) in [6.45, 7) is 5.13. The third kappa shape index (κ3) is 5.12. The van der Waals surface area contributed by atoms with E-state index in [1.807, 2.05) is 0 Å². The Balaban J connectivity index is 0.00000385. The molecule has 0 saturated carbocycles. The van der Waals surface area contributed by atoms with Gasteiger partial charge in [0.1, 0.15) is 0 Å². The summed E-state index contributed by atoms with van der Waals surface area (Å²) in [5.74, 6) is -0.300. The highest BCUT2D eigenvalue weighted by Gasteiger charge is 2.23. The van der Waals surface area contributed by atoms with Crippen LogP contribution in [0.5, 0.6) is 0 Å². The van der Waals surface area contributed by atoms with Gasteiger partial charge in [-0.15, -0.1) is 12.4 Å². The summed E-state index contributed by atoms with van der Waals surface area (Å²) in [4.78, 5) is 44.1. The van der Waals surface area contributed by atoms with Gasteiger partial charge in [-0.1, -0.05) is 23.7 Å². The number of hydrogen-bond donors (Lipinski definition) is 0. The summed E-state index contributed by atoms with van der Waals surface area (Å²) in [7, 11) is 3.11. The molecule has 3 aromatic rings. The Morgan fingerprint density at radius 1 is 1.15 bits per heavy atom. The fourth-order valence-electron chi connectivity index (χ4n) is 3.49. The van der Waals surface area contributed by atoms with Crippen LogP contribution in [-0.4, -0.2) is 47.2 Å². The van der Waals surface area contributed by atoms with E-state index >= 15 is 0 Å². The Morgan fingerprint density at radius 3 is 2.42 bits per heavy atom. The lowest BCUT2D eigenvalue weighted by atomic mass is 9.98. The number of ether oxygens (including phenoxy) is 2. The number of para-hydroxylation sites is 1. The maximum absolute atomic E-state index is 13.7. The summed E-state index contributed by atoms with van der Waals surface area (Å²) < 4.78 is 11.8. The molecule has 3 rings (SSSR count). The second kappa shape index (κ2) is 10.7. The molecule has 0 fully saturated rings. The molecule has 0 aliphatic carbocycles. The number of fused-ring (bicyclic) bond motifs is 1. The van der Waals surface area contributed by atoms with Crippen molar-refractivity contribution in [2.75, 3.05) is 20.7 Å². The maximum atomic E-state index is 13.7. The number of carbonyl (C=O) groups excluding carboxylic acids is 2. The monoisotopic (exact) mass is 493 g/mol. The van der Waals surface area contributed by atoms with Gasteiger partial charge in [0.15, 0.2) is 12.4 Å². The summed E-state index contributed by atoms with van der Waals surface area (Å²) in [5.41, 5.74) is 1.78. The van der Waals surface area contributed by atoms with Crippen molar-refractivity contribution in [2.45, 2.75) is 27.4 Å². The number of esters is 1. The second-order valence-electron chi connectivity index (χ2n) is 7.38. The first-order valence-corrected chi connectivity index (χ1v) is 10.4. The van der Waals surface area contributed by atoms with Crippen molar-refractivity contribution in [1.82, 2.24) is 14.5 Å². The minimum atomic E-state index is -0.574. The molecule has 33 heavy (non-hydrogen) atoms. The van der Waals surface area contributed by atoms with E-state index in [9.17, 15) is 14.4 Å². The summed E-state index contributed by atoms with van der Waals surface area (Å²) >= 11 is 6.38. The summed E-state index contributed by atoms with van der Waals surface area (Å²) in [6.07, 6.45) is -0.574. The molecule has 0 spiro atoms. The van der Waals surface area contributed by atoms with Crippen molar-refractivity contribution in [3.05, 3.63) is 68.2 Å². The van der Waals surface area contributed by atoms with Crippen LogP contribution in [-0.2, 0) is 16.1 Å². The molecule has 0 aliphatic rings. The highest BCUT2D eigenvalue weighted by molar-refractivity contribution is 6.32. The molecule has 1 heterocycles. The van der Waals surface area contributed by atoms with Gasteiger partial charge in [-0.3, -0.25) is 9.36 Å². The lowest BCUT2D eigenvalue weighted by molar-refractivity contribution is 0.0524. The molecule has 10 heteroatoms. The van der Waals surface area contributed by atoms with Crippen LogP contribution in [0.15, 0.2) is 35.1 Å². The van der Waals surface area contributed by atoms with Crippen LogP contribution >= 0.6 is 24.0 Å². The predicted octanol–water partition coefficient (Wildman–Crippen LogP) is 4.45. The number of aryl methyl sites for hydroxylation is 2. The molecular formula is C23H25Cl2N3O5. The Labute approximate surface area is 202 Å². The number of hydrogen-bond acceptors (Lipinski definition) is 6. The molecule has 0 atom stereocenters. The van der Waals surface area contributed by atoms with E-state index in [0.717, 1.165) is 0 Å². The molecular weight excluding hydrogens is 469 g/mol. The van der Waals surface area contributed by atoms with Crippen LogP contribution in [0.3, 0.4) is 0 Å². The fourth-order valence-corrected chi connectivity index (χ4v) is 3.71. The Morgan fingerprint density at radius 2 is 1.82 bits per heavy atom. The Bertz CT molecular complexity index is 1270. The van der Waals surface area contributed by atoms with Gasteiger partial charge in [-0.2, -0.15) is 0 Å². The Hall–Kier alpha value is -3.10. The fraction of sp³-hybridized carbons (Fsp3) is 0.304. The van der Waals surface area contributed by atoms with E-state index in [1.54, 1.807) is 65.2 Å². The third-order valence-corrected chi connectivity index (χ3v) is 5.26. The first-order chi connectivity index (χ1) is 15.2. The first-order valence-electron chi connectivity index (χ1n) is 9.99. The molecule has 176 valence electrons. The van der Waals surface area contributed by atoms with Crippen molar-refractivity contribution in [2.24, 2.45) is 0 Å². The second-order valence-corrected chi connectivity index (χ2v) is 7.78. The van der Waals surface area contributed by atoms with Crippen molar-refractivity contribution in [1.29, 1.82) is 0 Å². The first kappa shape index (κ1) is 26.2. The standard InChI is InChI=1S/C23H24ClN3O5.ClH/c1-6-31-22(29)19-13(2)11-16-20(14(19)3)21(28)27(17-10-8-7-9-15(17)24)18(25-16)12-32-23(30)26(4)5;/h7-11H,6,12H2,1-5H3;1H. The van der Waals surface area contributed by atoms with Gasteiger partial charge in [0.05, 0.1) is 33.8 Å². The van der Waals surface area contributed by atoms with E-state index in [-0.39, 0.29) is 36.8 Å². The van der Waals surface area contributed by atoms with Crippen LogP contribution in [0, 0.1) is 13.8 Å². The van der Waals surface area contributed by atoms with Gasteiger partial charge in [-0.25, -0.2) is 14.6 Å². The largest absolute Gasteiger partial charge is 0.462 e. The molecule has 2 aromatic carbocycles. The smallest absolute Gasteiger partial charge is 0.409 e. The molecule has 1 aromatic heterocycles. The average Bonchev–Trinajstić information content (AvgIpc) is 2.72. The normalized spacial score (nSPS) is 10.5. The van der Waals surface area contributed by atoms with E-state index in [0.29, 0.717) is 32.9 Å². The van der Waals surface area contributed by atoms with E-state index < -0.39 is 17.6 Å². The van der Waals surface area contributed by atoms with Gasteiger partial charge in [0.25, 0.3) is 5.56 Å². The van der Waals surface area contributed by atoms with Gasteiger partial charge in [0.2, 0.25) is 0 Å². The average molecular weight is 494 g/mol. The number of benzene rings is 2. The molecule has 0 unspecified atom stereocenters.